The van der Waals surface area contributed by atoms with E-state index < -0.39 is 0 Å². The maximum Gasteiger partial charge on any atom is 0.162 e. The fraction of sp³-hybridized carbons (Fsp3) is 0.412. The van der Waals surface area contributed by atoms with Gasteiger partial charge in [-0.1, -0.05) is 13.8 Å². The lowest BCUT2D eigenvalue weighted by Crippen LogP contribution is -2.36. The summed E-state index contributed by atoms with van der Waals surface area (Å²) in [5.74, 6) is -0.0605. The Morgan fingerprint density at radius 2 is 2.18 bits per heavy atom. The molecule has 3 rings (SSSR count). The maximum atomic E-state index is 12.8. The zero-order valence-electron chi connectivity index (χ0n) is 12.8. The molecular formula is C17H17BrN2OS. The lowest BCUT2D eigenvalue weighted by molar-refractivity contribution is -0.118. The predicted octanol–water partition coefficient (Wildman–Crippen LogP) is 4.64. The zero-order valence-corrected chi connectivity index (χ0v) is 15.2. The summed E-state index contributed by atoms with van der Waals surface area (Å²) in [5, 5.41) is 14.9. The first-order valence-corrected chi connectivity index (χ1v) is 8.88. The summed E-state index contributed by atoms with van der Waals surface area (Å²) in [6.07, 6.45) is 1.38. The van der Waals surface area contributed by atoms with E-state index in [0.29, 0.717) is 12.0 Å². The first-order chi connectivity index (χ1) is 10.3. The first-order valence-electron chi connectivity index (χ1n) is 7.20. The molecule has 1 aromatic heterocycles. The number of halogens is 1. The van der Waals surface area contributed by atoms with Crippen LogP contribution in [-0.2, 0) is 4.79 Å². The Labute approximate surface area is 142 Å². The number of rotatable bonds is 1. The monoisotopic (exact) mass is 376 g/mol. The van der Waals surface area contributed by atoms with Crippen molar-refractivity contribution in [1.29, 1.82) is 5.26 Å². The molecule has 114 valence electrons. The second kappa shape index (κ2) is 5.36. The van der Waals surface area contributed by atoms with E-state index in [0.717, 1.165) is 32.7 Å². The average Bonchev–Trinajstić information content (AvgIpc) is 2.82. The number of thiophene rings is 1. The van der Waals surface area contributed by atoms with E-state index in [4.69, 9.17) is 0 Å². The number of carbonyl (C=O) groups excluding carboxylic acids is 1. The van der Waals surface area contributed by atoms with Crippen molar-refractivity contribution >= 4 is 33.0 Å². The number of dihydropyridines is 1. The molecule has 0 radical (unpaired) electrons. The van der Waals surface area contributed by atoms with Gasteiger partial charge in [-0.05, 0) is 40.8 Å². The van der Waals surface area contributed by atoms with Crippen molar-refractivity contribution in [3.63, 3.8) is 0 Å². The Bertz CT molecular complexity index is 764. The number of hydrogen-bond acceptors (Lipinski definition) is 4. The molecule has 1 aliphatic carbocycles. The van der Waals surface area contributed by atoms with E-state index in [1.165, 1.54) is 0 Å². The fourth-order valence-electron chi connectivity index (χ4n) is 3.35. The third kappa shape index (κ3) is 2.55. The average molecular weight is 377 g/mol. The first kappa shape index (κ1) is 15.5. The molecule has 22 heavy (non-hydrogen) atoms. The van der Waals surface area contributed by atoms with Crippen molar-refractivity contribution in [2.24, 2.45) is 5.41 Å². The van der Waals surface area contributed by atoms with Crippen LogP contribution in [0.15, 0.2) is 38.5 Å². The summed E-state index contributed by atoms with van der Waals surface area (Å²) in [4.78, 5) is 13.8. The van der Waals surface area contributed by atoms with Crippen molar-refractivity contribution in [3.05, 3.63) is 43.3 Å². The van der Waals surface area contributed by atoms with Crippen LogP contribution >= 0.6 is 27.3 Å². The van der Waals surface area contributed by atoms with E-state index in [-0.39, 0.29) is 17.1 Å². The van der Waals surface area contributed by atoms with E-state index in [2.05, 4.69) is 41.2 Å². The Morgan fingerprint density at radius 3 is 2.77 bits per heavy atom. The van der Waals surface area contributed by atoms with Gasteiger partial charge in [0.05, 0.1) is 17.6 Å². The molecule has 0 aromatic carbocycles. The van der Waals surface area contributed by atoms with Crippen LogP contribution in [0.25, 0.3) is 0 Å². The Kier molecular flexibility index (Phi) is 3.78. The minimum Gasteiger partial charge on any atom is -0.361 e. The quantitative estimate of drug-likeness (QED) is 0.776. The Morgan fingerprint density at radius 1 is 1.45 bits per heavy atom. The van der Waals surface area contributed by atoms with Crippen molar-refractivity contribution < 1.29 is 4.79 Å². The zero-order chi connectivity index (χ0) is 16.1. The standard InChI is InChI=1S/C17H17BrN2OS/c1-9-11(7-19)15(14-4-10(18)8-22-14)16-12(20-9)5-17(2,3)6-13(16)21/h4,8,15,20H,5-6H2,1-3H3/t15-/m0/s1. The molecule has 5 heteroatoms. The van der Waals surface area contributed by atoms with E-state index in [1.807, 2.05) is 18.4 Å². The molecule has 0 saturated heterocycles. The molecule has 1 atom stereocenters. The number of allylic oxidation sites excluding steroid dienone is 4. The second-order valence-electron chi connectivity index (χ2n) is 6.71. The van der Waals surface area contributed by atoms with Gasteiger partial charge in [-0.2, -0.15) is 5.26 Å². The highest BCUT2D eigenvalue weighted by atomic mass is 79.9. The smallest absolute Gasteiger partial charge is 0.162 e. The highest BCUT2D eigenvalue weighted by molar-refractivity contribution is 9.10. The van der Waals surface area contributed by atoms with Crippen molar-refractivity contribution in [2.45, 2.75) is 39.5 Å². The summed E-state index contributed by atoms with van der Waals surface area (Å²) in [6, 6.07) is 4.32. The molecule has 0 saturated carbocycles. The number of Topliss-reactive ketones (excluding diaryl/α,β-unsaturated/α-hetero) is 1. The van der Waals surface area contributed by atoms with Crippen LogP contribution < -0.4 is 5.32 Å². The number of hydrogen-bond donors (Lipinski definition) is 1. The van der Waals surface area contributed by atoms with Gasteiger partial charge >= 0.3 is 0 Å². The highest BCUT2D eigenvalue weighted by Crippen LogP contribution is 2.47. The summed E-state index contributed by atoms with van der Waals surface area (Å²) >= 11 is 5.06. The predicted molar refractivity (Wildman–Crippen MR) is 91.3 cm³/mol. The molecule has 1 aliphatic heterocycles. The SMILES string of the molecule is CC1=C(C#N)[C@@H](c2cc(Br)cs2)C2=C(CC(C)(C)CC2=O)N1. The summed E-state index contributed by atoms with van der Waals surface area (Å²) in [5.41, 5.74) is 3.26. The molecule has 2 aliphatic rings. The molecule has 0 bridgehead atoms. The lowest BCUT2D eigenvalue weighted by atomic mass is 9.70. The summed E-state index contributed by atoms with van der Waals surface area (Å²) in [7, 11) is 0. The molecule has 0 fully saturated rings. The molecule has 1 N–H and O–H groups in total. The number of ketones is 1. The lowest BCUT2D eigenvalue weighted by Gasteiger charge is -2.38. The van der Waals surface area contributed by atoms with Crippen LogP contribution in [0.4, 0.5) is 0 Å². The minimum absolute atomic E-state index is 0.0338. The van der Waals surface area contributed by atoms with Gasteiger partial charge in [0.15, 0.2) is 5.78 Å². The van der Waals surface area contributed by atoms with Crippen molar-refractivity contribution in [3.8, 4) is 6.07 Å². The van der Waals surface area contributed by atoms with Crippen molar-refractivity contribution in [1.82, 2.24) is 5.32 Å². The van der Waals surface area contributed by atoms with Crippen LogP contribution in [0.2, 0.25) is 0 Å². The molecule has 0 spiro atoms. The Hall–Kier alpha value is -1.38. The normalized spacial score (nSPS) is 24.0. The van der Waals surface area contributed by atoms with Gasteiger partial charge in [0.2, 0.25) is 0 Å². The minimum atomic E-state index is -0.221. The van der Waals surface area contributed by atoms with Crippen LogP contribution in [0.5, 0.6) is 0 Å². The highest BCUT2D eigenvalue weighted by Gasteiger charge is 2.41. The number of nitrogens with one attached hydrogen (secondary N) is 1. The Balaban J connectivity index is 2.17. The van der Waals surface area contributed by atoms with Gasteiger partial charge in [0.1, 0.15) is 0 Å². The van der Waals surface area contributed by atoms with Crippen LogP contribution in [0, 0.1) is 16.7 Å². The molecule has 3 nitrogen and oxygen atoms in total. The molecule has 0 amide bonds. The van der Waals surface area contributed by atoms with E-state index in [9.17, 15) is 10.1 Å². The van der Waals surface area contributed by atoms with E-state index in [1.54, 1.807) is 11.3 Å². The second-order valence-corrected chi connectivity index (χ2v) is 8.57. The van der Waals surface area contributed by atoms with Gasteiger partial charge in [-0.15, -0.1) is 11.3 Å². The van der Waals surface area contributed by atoms with Gasteiger partial charge in [-0.3, -0.25) is 4.79 Å². The summed E-state index contributed by atoms with van der Waals surface area (Å²) < 4.78 is 0.992. The van der Waals surface area contributed by atoms with E-state index >= 15 is 0 Å². The number of nitrogens with zero attached hydrogens (tertiary/aromatic N) is 1. The van der Waals surface area contributed by atoms with Gasteiger partial charge < -0.3 is 5.32 Å². The van der Waals surface area contributed by atoms with Crippen molar-refractivity contribution in [2.75, 3.05) is 0 Å². The topological polar surface area (TPSA) is 52.9 Å². The number of nitriles is 1. The van der Waals surface area contributed by atoms with Gasteiger partial charge in [0.25, 0.3) is 0 Å². The summed E-state index contributed by atoms with van der Waals surface area (Å²) in [6.45, 7) is 6.15. The largest absolute Gasteiger partial charge is 0.361 e. The number of carbonyl (C=O) groups is 1. The van der Waals surface area contributed by atoms with Crippen LogP contribution in [0.3, 0.4) is 0 Å². The third-order valence-electron chi connectivity index (χ3n) is 4.23. The van der Waals surface area contributed by atoms with Gasteiger partial charge in [0, 0.05) is 38.1 Å². The molecule has 1 aromatic rings. The third-order valence-corrected chi connectivity index (χ3v) is 5.99. The van der Waals surface area contributed by atoms with Crippen LogP contribution in [-0.4, -0.2) is 5.78 Å². The molecule has 0 unspecified atom stereocenters. The molecular weight excluding hydrogens is 360 g/mol. The van der Waals surface area contributed by atoms with Crippen LogP contribution in [0.1, 0.15) is 44.4 Å². The molecule has 2 heterocycles. The fourth-order valence-corrected chi connectivity index (χ4v) is 4.91. The maximum absolute atomic E-state index is 12.8. The van der Waals surface area contributed by atoms with Gasteiger partial charge in [-0.25, -0.2) is 0 Å².